The number of hydrogen-bond donors (Lipinski definition) is 3. The van der Waals surface area contributed by atoms with Crippen molar-refractivity contribution in [1.29, 1.82) is 0 Å². The predicted molar refractivity (Wildman–Crippen MR) is 81.5 cm³/mol. The first kappa shape index (κ1) is 14.6. The van der Waals surface area contributed by atoms with Crippen molar-refractivity contribution in [2.45, 2.75) is 18.9 Å². The van der Waals surface area contributed by atoms with Crippen molar-refractivity contribution in [2.24, 2.45) is 11.7 Å². The lowest BCUT2D eigenvalue weighted by Gasteiger charge is -2.18. The van der Waals surface area contributed by atoms with Crippen molar-refractivity contribution < 1.29 is 9.59 Å². The molecule has 1 atom stereocenters. The molecule has 1 aliphatic rings. The summed E-state index contributed by atoms with van der Waals surface area (Å²) in [6, 6.07) is 4.93. The fourth-order valence-corrected chi connectivity index (χ4v) is 2.58. The maximum absolute atomic E-state index is 12.3. The number of carbonyl (C=O) groups is 2. The highest BCUT2D eigenvalue weighted by molar-refractivity contribution is 6.29. The lowest BCUT2D eigenvalue weighted by Crippen LogP contribution is -2.30. The van der Waals surface area contributed by atoms with E-state index in [9.17, 15) is 9.59 Å². The van der Waals surface area contributed by atoms with Crippen molar-refractivity contribution in [3.63, 3.8) is 0 Å². The van der Waals surface area contributed by atoms with E-state index in [1.54, 1.807) is 12.3 Å². The molecule has 0 spiro atoms. The SMILES string of the molecule is NC(=O)c1c[nH]c(C(=O)NC(c2ccnc(Cl)c2)C2CC2)c1. The molecule has 0 saturated heterocycles. The smallest absolute Gasteiger partial charge is 0.268 e. The fraction of sp³-hybridized carbons (Fsp3) is 0.267. The molecule has 1 unspecified atom stereocenters. The van der Waals surface area contributed by atoms with Gasteiger partial charge in [0, 0.05) is 12.4 Å². The number of halogens is 1. The number of nitrogens with two attached hydrogens (primary N) is 1. The molecule has 0 aliphatic heterocycles. The van der Waals surface area contributed by atoms with Gasteiger partial charge < -0.3 is 16.0 Å². The van der Waals surface area contributed by atoms with Crippen LogP contribution in [0.25, 0.3) is 0 Å². The van der Waals surface area contributed by atoms with Gasteiger partial charge >= 0.3 is 0 Å². The van der Waals surface area contributed by atoms with Gasteiger partial charge in [0.15, 0.2) is 0 Å². The Kier molecular flexibility index (Phi) is 3.85. The average Bonchev–Trinajstić information content (AvgIpc) is 3.19. The zero-order valence-corrected chi connectivity index (χ0v) is 12.4. The molecule has 1 aliphatic carbocycles. The van der Waals surface area contributed by atoms with Crippen LogP contribution >= 0.6 is 11.6 Å². The third kappa shape index (κ3) is 3.12. The Morgan fingerprint density at radius 1 is 1.41 bits per heavy atom. The number of rotatable bonds is 5. The molecule has 0 bridgehead atoms. The van der Waals surface area contributed by atoms with E-state index in [2.05, 4.69) is 15.3 Å². The van der Waals surface area contributed by atoms with Gasteiger partial charge in [-0.05, 0) is 42.5 Å². The summed E-state index contributed by atoms with van der Waals surface area (Å²) in [5.41, 5.74) is 6.69. The summed E-state index contributed by atoms with van der Waals surface area (Å²) in [6.45, 7) is 0. The molecule has 114 valence electrons. The molecule has 2 heterocycles. The molecule has 0 radical (unpaired) electrons. The van der Waals surface area contributed by atoms with Crippen molar-refractivity contribution in [2.75, 3.05) is 0 Å². The topological polar surface area (TPSA) is 101 Å². The van der Waals surface area contributed by atoms with Gasteiger partial charge in [-0.1, -0.05) is 11.6 Å². The second-order valence-electron chi connectivity index (χ2n) is 5.37. The molecule has 3 rings (SSSR count). The van der Waals surface area contributed by atoms with Crippen LogP contribution in [0.5, 0.6) is 0 Å². The Morgan fingerprint density at radius 2 is 2.18 bits per heavy atom. The lowest BCUT2D eigenvalue weighted by atomic mass is 10.0. The highest BCUT2D eigenvalue weighted by atomic mass is 35.5. The summed E-state index contributed by atoms with van der Waals surface area (Å²) < 4.78 is 0. The Balaban J connectivity index is 1.78. The molecule has 6 nitrogen and oxygen atoms in total. The number of hydrogen-bond acceptors (Lipinski definition) is 3. The van der Waals surface area contributed by atoms with Crippen molar-refractivity contribution >= 4 is 23.4 Å². The predicted octanol–water partition coefficient (Wildman–Crippen LogP) is 2.04. The van der Waals surface area contributed by atoms with Crippen molar-refractivity contribution in [3.8, 4) is 0 Å². The Hall–Kier alpha value is -2.34. The van der Waals surface area contributed by atoms with Gasteiger partial charge in [-0.3, -0.25) is 9.59 Å². The molecule has 7 heteroatoms. The molecular formula is C15H15ClN4O2. The first-order valence-electron chi connectivity index (χ1n) is 6.95. The van der Waals surface area contributed by atoms with Gasteiger partial charge in [0.1, 0.15) is 10.8 Å². The molecule has 2 amide bonds. The third-order valence-corrected chi connectivity index (χ3v) is 3.91. The second-order valence-corrected chi connectivity index (χ2v) is 5.75. The van der Waals surface area contributed by atoms with Crippen LogP contribution in [0.3, 0.4) is 0 Å². The first-order chi connectivity index (χ1) is 10.5. The molecule has 4 N–H and O–H groups in total. The summed E-state index contributed by atoms with van der Waals surface area (Å²) in [5, 5.41) is 3.38. The van der Waals surface area contributed by atoms with Gasteiger partial charge in [-0.25, -0.2) is 4.98 Å². The van der Waals surface area contributed by atoms with E-state index in [-0.39, 0.29) is 17.5 Å². The van der Waals surface area contributed by atoms with E-state index in [1.165, 1.54) is 12.3 Å². The Bertz CT molecular complexity index is 724. The summed E-state index contributed by atoms with van der Waals surface area (Å²) in [6.07, 6.45) is 5.16. The minimum atomic E-state index is -0.574. The van der Waals surface area contributed by atoms with Crippen LogP contribution in [-0.4, -0.2) is 21.8 Å². The lowest BCUT2D eigenvalue weighted by molar-refractivity contribution is 0.0927. The minimum Gasteiger partial charge on any atom is -0.366 e. The quantitative estimate of drug-likeness (QED) is 0.735. The molecule has 22 heavy (non-hydrogen) atoms. The van der Waals surface area contributed by atoms with Crippen LogP contribution < -0.4 is 11.1 Å². The average molecular weight is 319 g/mol. The monoisotopic (exact) mass is 318 g/mol. The van der Waals surface area contributed by atoms with Crippen molar-refractivity contribution in [1.82, 2.24) is 15.3 Å². The third-order valence-electron chi connectivity index (χ3n) is 3.70. The zero-order valence-electron chi connectivity index (χ0n) is 11.7. The van der Waals surface area contributed by atoms with Gasteiger partial charge in [0.05, 0.1) is 11.6 Å². The van der Waals surface area contributed by atoms with Crippen LogP contribution in [0.15, 0.2) is 30.6 Å². The molecule has 2 aromatic rings. The number of H-pyrrole nitrogens is 1. The van der Waals surface area contributed by atoms with E-state index in [0.29, 0.717) is 16.8 Å². The Labute approximate surface area is 132 Å². The second kappa shape index (κ2) is 5.81. The van der Waals surface area contributed by atoms with Gasteiger partial charge in [-0.2, -0.15) is 0 Å². The highest BCUT2D eigenvalue weighted by Gasteiger charge is 2.34. The number of pyridine rings is 1. The Morgan fingerprint density at radius 3 is 2.77 bits per heavy atom. The minimum absolute atomic E-state index is 0.117. The van der Waals surface area contributed by atoms with Crippen LogP contribution in [0.4, 0.5) is 0 Å². The van der Waals surface area contributed by atoms with Crippen LogP contribution in [0.2, 0.25) is 5.15 Å². The van der Waals surface area contributed by atoms with E-state index in [4.69, 9.17) is 17.3 Å². The standard InChI is InChI=1S/C15H15ClN4O2/c16-12-6-9(3-4-18-12)13(8-1-2-8)20-15(22)11-5-10(7-19-11)14(17)21/h3-8,13,19H,1-2H2,(H2,17,21)(H,20,22). The number of aromatic amines is 1. The van der Waals surface area contributed by atoms with Crippen LogP contribution in [0, 0.1) is 5.92 Å². The highest BCUT2D eigenvalue weighted by Crippen LogP contribution is 2.41. The van der Waals surface area contributed by atoms with E-state index in [1.807, 2.05) is 6.07 Å². The number of nitrogens with one attached hydrogen (secondary N) is 2. The maximum atomic E-state index is 12.3. The molecule has 2 aromatic heterocycles. The first-order valence-corrected chi connectivity index (χ1v) is 7.33. The number of amides is 2. The molecule has 1 saturated carbocycles. The summed E-state index contributed by atoms with van der Waals surface area (Å²) in [4.78, 5) is 30.1. The van der Waals surface area contributed by atoms with Gasteiger partial charge in [0.25, 0.3) is 5.91 Å². The van der Waals surface area contributed by atoms with Crippen LogP contribution in [0.1, 0.15) is 45.3 Å². The summed E-state index contributed by atoms with van der Waals surface area (Å²) in [5.74, 6) is -0.458. The number of carbonyl (C=O) groups excluding carboxylic acids is 2. The summed E-state index contributed by atoms with van der Waals surface area (Å²) in [7, 11) is 0. The van der Waals surface area contributed by atoms with Crippen LogP contribution in [-0.2, 0) is 0 Å². The van der Waals surface area contributed by atoms with Crippen molar-refractivity contribution in [3.05, 3.63) is 52.6 Å². The summed E-state index contributed by atoms with van der Waals surface area (Å²) >= 11 is 5.92. The largest absolute Gasteiger partial charge is 0.366 e. The van der Waals surface area contributed by atoms with E-state index < -0.39 is 5.91 Å². The molecular weight excluding hydrogens is 304 g/mol. The van der Waals surface area contributed by atoms with Gasteiger partial charge in [0.2, 0.25) is 5.91 Å². The van der Waals surface area contributed by atoms with E-state index >= 15 is 0 Å². The van der Waals surface area contributed by atoms with Gasteiger partial charge in [-0.15, -0.1) is 0 Å². The number of nitrogens with zero attached hydrogens (tertiary/aromatic N) is 1. The normalized spacial score (nSPS) is 15.3. The molecule has 1 fully saturated rings. The number of primary amides is 1. The fourth-order valence-electron chi connectivity index (χ4n) is 2.40. The number of aromatic nitrogens is 2. The zero-order chi connectivity index (χ0) is 15.7. The van der Waals surface area contributed by atoms with E-state index in [0.717, 1.165) is 18.4 Å². The molecule has 0 aromatic carbocycles. The maximum Gasteiger partial charge on any atom is 0.268 e.